The van der Waals surface area contributed by atoms with Crippen LogP contribution in [0, 0.1) is 34.0 Å². The fourth-order valence-corrected chi connectivity index (χ4v) is 12.6. The van der Waals surface area contributed by atoms with Crippen LogP contribution in [0.1, 0.15) is 16.7 Å². The molecule has 0 bridgehead atoms. The van der Waals surface area contributed by atoms with Gasteiger partial charge in [-0.2, -0.15) is 15.8 Å². The van der Waals surface area contributed by atoms with Gasteiger partial charge < -0.3 is 13.7 Å². The number of para-hydroxylation sites is 4. The highest BCUT2D eigenvalue weighted by molar-refractivity contribution is 7.91. The molecule has 326 valence electrons. The first kappa shape index (κ1) is 41.2. The summed E-state index contributed by atoms with van der Waals surface area (Å²) in [7, 11) is -8.11. The van der Waals surface area contributed by atoms with E-state index in [-0.39, 0.29) is 30.7 Å². The largest absolute Gasteiger partial charge is 0.308 e. The minimum atomic E-state index is -4.18. The van der Waals surface area contributed by atoms with Gasteiger partial charge in [0.2, 0.25) is 19.7 Å². The predicted molar refractivity (Wildman–Crippen MR) is 267 cm³/mol. The van der Waals surface area contributed by atoms with Crippen molar-refractivity contribution in [1.29, 1.82) is 15.8 Å². The van der Waals surface area contributed by atoms with Crippen LogP contribution in [0.25, 0.3) is 82.5 Å². The fraction of sp³-hybridized carbons (Fsp3) is 0. The van der Waals surface area contributed by atoms with Crippen LogP contribution in [0.2, 0.25) is 0 Å². The topological polar surface area (TPSA) is 154 Å². The van der Waals surface area contributed by atoms with Gasteiger partial charge >= 0.3 is 0 Å². The van der Waals surface area contributed by atoms with Crippen LogP contribution in [0.5, 0.6) is 0 Å². The molecule has 3 heterocycles. The first-order valence-corrected chi connectivity index (χ1v) is 24.7. The second-order valence-electron chi connectivity index (χ2n) is 16.6. The molecule has 0 aliphatic carbocycles. The molecular weight excluding hydrogens is 897 g/mol. The lowest BCUT2D eigenvalue weighted by Crippen LogP contribution is -2.05. The Morgan fingerprint density at radius 2 is 0.710 bits per heavy atom. The molecule has 10 nitrogen and oxygen atoms in total. The lowest BCUT2D eigenvalue weighted by molar-refractivity contribution is 0.594. The van der Waals surface area contributed by atoms with E-state index in [1.165, 1.54) is 42.5 Å². The van der Waals surface area contributed by atoms with Gasteiger partial charge in [-0.15, -0.1) is 0 Å². The first-order chi connectivity index (χ1) is 33.6. The number of aromatic nitrogens is 3. The molecule has 0 spiro atoms. The average molecular weight is 929 g/mol. The van der Waals surface area contributed by atoms with Crippen LogP contribution in [0.15, 0.2) is 214 Å². The summed E-state index contributed by atoms with van der Waals surface area (Å²) in [4.78, 5) is 0.00694. The van der Waals surface area contributed by atoms with Crippen molar-refractivity contribution < 1.29 is 16.8 Å². The van der Waals surface area contributed by atoms with Crippen LogP contribution >= 0.6 is 0 Å². The Balaban J connectivity index is 1.20. The molecular formula is C57H32N6O4S2. The summed E-state index contributed by atoms with van der Waals surface area (Å²) in [5.41, 5.74) is 8.29. The zero-order valence-electron chi connectivity index (χ0n) is 36.1. The first-order valence-electron chi connectivity index (χ1n) is 21.8. The summed E-state index contributed by atoms with van der Waals surface area (Å²) in [5.74, 6) is 0. The molecule has 3 aromatic heterocycles. The number of hydrogen-bond donors (Lipinski definition) is 0. The van der Waals surface area contributed by atoms with Gasteiger partial charge in [-0.25, -0.2) is 16.8 Å². The number of nitriles is 3. The van der Waals surface area contributed by atoms with E-state index in [2.05, 4.69) is 62.2 Å². The predicted octanol–water partition coefficient (Wildman–Crippen LogP) is 12.3. The zero-order chi connectivity index (χ0) is 47.2. The maximum atomic E-state index is 14.2. The SMILES string of the molecule is N#Cc1ccc(S(=O)(=O)c2ccc(-n3c4ccccc4c4c3c3c5ccccc5n(-c5ccccc5)c3c3c5ccccc5n(-c5ccc(S(=O)(=O)c6ccc(C#N)cc6C#N)cc5)c34)cc2)cc1. The van der Waals surface area contributed by atoms with Gasteiger partial charge in [0.05, 0.1) is 81.5 Å². The maximum Gasteiger partial charge on any atom is 0.207 e. The van der Waals surface area contributed by atoms with Gasteiger partial charge in [-0.1, -0.05) is 72.8 Å². The monoisotopic (exact) mass is 928 g/mol. The molecule has 0 radical (unpaired) electrons. The summed E-state index contributed by atoms with van der Waals surface area (Å²) in [6, 6.07) is 64.3. The highest BCUT2D eigenvalue weighted by Crippen LogP contribution is 2.50. The number of sulfone groups is 2. The van der Waals surface area contributed by atoms with E-state index >= 15 is 0 Å². The highest BCUT2D eigenvalue weighted by Gasteiger charge is 2.30. The van der Waals surface area contributed by atoms with Gasteiger partial charge in [0.1, 0.15) is 6.07 Å². The molecule has 69 heavy (non-hydrogen) atoms. The molecule has 0 aliphatic heterocycles. The van der Waals surface area contributed by atoms with Gasteiger partial charge in [0, 0.05) is 49.4 Å². The number of nitrogens with zero attached hydrogens (tertiary/aromatic N) is 6. The van der Waals surface area contributed by atoms with Crippen molar-refractivity contribution in [2.24, 2.45) is 0 Å². The quantitative estimate of drug-likeness (QED) is 0.154. The van der Waals surface area contributed by atoms with Gasteiger partial charge in [0.25, 0.3) is 0 Å². The third-order valence-electron chi connectivity index (χ3n) is 13.0. The summed E-state index contributed by atoms with van der Waals surface area (Å²) >= 11 is 0. The van der Waals surface area contributed by atoms with Crippen molar-refractivity contribution >= 4 is 85.1 Å². The molecule has 0 amide bonds. The third-order valence-corrected chi connectivity index (χ3v) is 16.6. The number of hydrogen-bond acceptors (Lipinski definition) is 7. The second kappa shape index (κ2) is 15.4. The van der Waals surface area contributed by atoms with Crippen LogP contribution < -0.4 is 0 Å². The summed E-state index contributed by atoms with van der Waals surface area (Å²) < 4.78 is 63.0. The Hall–Kier alpha value is -9.25. The molecule has 0 aliphatic rings. The van der Waals surface area contributed by atoms with Crippen molar-refractivity contribution in [2.45, 2.75) is 19.6 Å². The highest BCUT2D eigenvalue weighted by atomic mass is 32.2. The lowest BCUT2D eigenvalue weighted by Gasteiger charge is -2.14. The average Bonchev–Trinajstić information content (AvgIpc) is 4.05. The Morgan fingerprint density at radius 1 is 0.348 bits per heavy atom. The smallest absolute Gasteiger partial charge is 0.207 e. The standard InChI is InChI=1S/C57H32N6O4S2/c58-33-36-18-25-42(26-19-36)68(64,65)43-27-21-40(22-28-43)62-50-17-9-6-14-47(50)54-56(62)52-45-12-4-7-15-48(45)61(39-10-2-1-3-11-39)55(52)53-46-13-5-8-16-49(46)63(57(53)54)41-23-29-44(30-24-41)69(66,67)51-31-20-37(34-59)32-38(51)35-60/h1-32H. The molecule has 0 atom stereocenters. The summed E-state index contributed by atoms with van der Waals surface area (Å²) in [5, 5.41) is 34.5. The molecule has 0 N–H and O–H groups in total. The van der Waals surface area contributed by atoms with Crippen molar-refractivity contribution in [3.8, 4) is 35.3 Å². The molecule has 12 rings (SSSR count). The summed E-state index contributed by atoms with van der Waals surface area (Å²) in [6.45, 7) is 0. The minimum Gasteiger partial charge on any atom is -0.308 e. The van der Waals surface area contributed by atoms with Gasteiger partial charge in [-0.3, -0.25) is 0 Å². The summed E-state index contributed by atoms with van der Waals surface area (Å²) in [6.07, 6.45) is 0. The Bertz CT molecular complexity index is 4510. The second-order valence-corrected chi connectivity index (χ2v) is 20.5. The molecule has 0 saturated heterocycles. The lowest BCUT2D eigenvalue weighted by atomic mass is 10.0. The van der Waals surface area contributed by atoms with E-state index in [0.717, 1.165) is 76.8 Å². The zero-order valence-corrected chi connectivity index (χ0v) is 37.7. The molecule has 0 unspecified atom stereocenters. The fourth-order valence-electron chi connectivity index (χ4n) is 9.97. The molecule has 12 aromatic rings. The van der Waals surface area contributed by atoms with Crippen LogP contribution in [-0.2, 0) is 19.7 Å². The number of fused-ring (bicyclic) bond motifs is 12. The number of benzene rings is 9. The van der Waals surface area contributed by atoms with E-state index in [9.17, 15) is 32.6 Å². The van der Waals surface area contributed by atoms with Crippen molar-refractivity contribution in [3.05, 3.63) is 211 Å². The van der Waals surface area contributed by atoms with E-state index in [0.29, 0.717) is 11.3 Å². The number of rotatable bonds is 7. The van der Waals surface area contributed by atoms with Crippen molar-refractivity contribution in [1.82, 2.24) is 13.7 Å². The van der Waals surface area contributed by atoms with Crippen LogP contribution in [-0.4, -0.2) is 30.5 Å². The Kier molecular flexibility index (Phi) is 9.20. The normalized spacial score (nSPS) is 12.0. The van der Waals surface area contributed by atoms with E-state index in [4.69, 9.17) is 0 Å². The Labute approximate surface area is 395 Å². The van der Waals surface area contributed by atoms with Gasteiger partial charge in [-0.05, 0) is 121 Å². The van der Waals surface area contributed by atoms with E-state index in [1.54, 1.807) is 36.4 Å². The van der Waals surface area contributed by atoms with E-state index in [1.807, 2.05) is 84.9 Å². The van der Waals surface area contributed by atoms with Crippen LogP contribution in [0.4, 0.5) is 0 Å². The molecule has 12 heteroatoms. The molecule has 0 saturated carbocycles. The minimum absolute atomic E-state index is 0.00814. The van der Waals surface area contributed by atoms with E-state index < -0.39 is 19.7 Å². The third kappa shape index (κ3) is 6.06. The molecule has 0 fully saturated rings. The van der Waals surface area contributed by atoms with Gasteiger partial charge in [0.15, 0.2) is 0 Å². The molecule has 9 aromatic carbocycles. The Morgan fingerprint density at radius 3 is 1.13 bits per heavy atom. The van der Waals surface area contributed by atoms with Crippen LogP contribution in [0.3, 0.4) is 0 Å². The van der Waals surface area contributed by atoms with Crippen molar-refractivity contribution in [3.63, 3.8) is 0 Å². The van der Waals surface area contributed by atoms with Crippen molar-refractivity contribution in [2.75, 3.05) is 0 Å². The maximum absolute atomic E-state index is 14.2.